The highest BCUT2D eigenvalue weighted by atomic mass is 16.5. The number of esters is 1. The number of benzene rings is 1. The lowest BCUT2D eigenvalue weighted by molar-refractivity contribution is 0.0363. The molecule has 0 unspecified atom stereocenters. The number of carbonyl (C=O) groups is 1. The lowest BCUT2D eigenvalue weighted by atomic mass is 10.1. The highest BCUT2D eigenvalue weighted by Gasteiger charge is 2.22. The number of hydrogen-bond acceptors (Lipinski definition) is 4. The van der Waals surface area contributed by atoms with Gasteiger partial charge in [-0.05, 0) is 24.3 Å². The van der Waals surface area contributed by atoms with Gasteiger partial charge in [-0.25, -0.2) is 9.64 Å². The largest absolute Gasteiger partial charge is 0.446 e. The van der Waals surface area contributed by atoms with E-state index < -0.39 is 12.1 Å². The molecule has 1 aromatic carbocycles. The van der Waals surface area contributed by atoms with Gasteiger partial charge in [0.2, 0.25) is 0 Å². The summed E-state index contributed by atoms with van der Waals surface area (Å²) in [5.74, 6) is -0.493. The summed E-state index contributed by atoms with van der Waals surface area (Å²) in [4.78, 5) is 24.3. The molecule has 24 heavy (non-hydrogen) atoms. The molecule has 0 saturated carbocycles. The minimum Gasteiger partial charge on any atom is -0.446 e. The zero-order chi connectivity index (χ0) is 16.8. The predicted molar refractivity (Wildman–Crippen MR) is 88.4 cm³/mol. The van der Waals surface area contributed by atoms with Crippen LogP contribution in [0.1, 0.15) is 27.8 Å². The number of carbonyl (C=O) groups excluding carboxylic acids is 1. The van der Waals surface area contributed by atoms with Gasteiger partial charge >= 0.3 is 5.97 Å². The second kappa shape index (κ2) is 7.16. The van der Waals surface area contributed by atoms with Crippen LogP contribution in [0.15, 0.2) is 73.1 Å². The highest BCUT2D eigenvalue weighted by Crippen LogP contribution is 2.24. The molecule has 2 aromatic heterocycles. The number of rotatable bonds is 4. The summed E-state index contributed by atoms with van der Waals surface area (Å²) in [6.07, 6.45) is 2.59. The Bertz CT molecular complexity index is 817. The average Bonchev–Trinajstić information content (AvgIpc) is 2.67. The van der Waals surface area contributed by atoms with E-state index >= 15 is 0 Å². The Morgan fingerprint density at radius 2 is 1.50 bits per heavy atom. The molecule has 0 amide bonds. The molecular formula is C19H13N3O2. The van der Waals surface area contributed by atoms with Gasteiger partial charge in [-0.15, -0.1) is 0 Å². The van der Waals surface area contributed by atoms with Crippen molar-refractivity contribution in [2.75, 3.05) is 0 Å². The Morgan fingerprint density at radius 1 is 0.917 bits per heavy atom. The van der Waals surface area contributed by atoms with Gasteiger partial charge < -0.3 is 4.74 Å². The molecule has 0 N–H and O–H groups in total. The van der Waals surface area contributed by atoms with Crippen LogP contribution < -0.4 is 0 Å². The fourth-order valence-corrected chi connectivity index (χ4v) is 2.18. The number of ether oxygens (including phenoxy) is 1. The molecule has 0 fully saturated rings. The highest BCUT2D eigenvalue weighted by molar-refractivity contribution is 5.90. The molecular weight excluding hydrogens is 302 g/mol. The van der Waals surface area contributed by atoms with E-state index in [4.69, 9.17) is 11.3 Å². The molecule has 0 aliphatic carbocycles. The topological polar surface area (TPSA) is 56.4 Å². The van der Waals surface area contributed by atoms with E-state index in [1.54, 1.807) is 60.9 Å². The van der Waals surface area contributed by atoms with Crippen molar-refractivity contribution < 1.29 is 9.53 Å². The maximum Gasteiger partial charge on any atom is 0.339 e. The van der Waals surface area contributed by atoms with Crippen molar-refractivity contribution in [3.05, 3.63) is 101 Å². The molecule has 0 atom stereocenters. The number of hydrogen-bond donors (Lipinski definition) is 0. The first-order valence-electron chi connectivity index (χ1n) is 7.28. The Labute approximate surface area is 139 Å². The summed E-state index contributed by atoms with van der Waals surface area (Å²) in [5, 5.41) is 0. The molecule has 3 rings (SSSR count). The third-order valence-electron chi connectivity index (χ3n) is 3.37. The lowest BCUT2D eigenvalue weighted by Crippen LogP contribution is -2.15. The first-order chi connectivity index (χ1) is 11.8. The predicted octanol–water partition coefficient (Wildman–Crippen LogP) is 3.97. The van der Waals surface area contributed by atoms with Crippen LogP contribution in [-0.2, 0) is 4.74 Å². The SMILES string of the molecule is [C-]#[N+]c1ccc(C(=O)OC(c2ccccn2)c2ccccn2)cc1. The maximum atomic E-state index is 12.4. The standard InChI is InChI=1S/C19H13N3O2/c1-20-15-10-8-14(9-11-15)19(23)24-18(16-6-2-4-12-21-16)17-7-3-5-13-22-17/h2-13,18H. The van der Waals surface area contributed by atoms with Crippen molar-refractivity contribution in [2.45, 2.75) is 6.10 Å². The zero-order valence-electron chi connectivity index (χ0n) is 12.7. The lowest BCUT2D eigenvalue weighted by Gasteiger charge is -2.17. The molecule has 5 heteroatoms. The minimum atomic E-state index is -0.694. The normalized spacial score (nSPS) is 10.2. The van der Waals surface area contributed by atoms with E-state index in [-0.39, 0.29) is 0 Å². The van der Waals surface area contributed by atoms with Crippen molar-refractivity contribution >= 4 is 11.7 Å². The number of pyridine rings is 2. The summed E-state index contributed by atoms with van der Waals surface area (Å²) in [7, 11) is 0. The summed E-state index contributed by atoms with van der Waals surface area (Å²) < 4.78 is 5.64. The summed E-state index contributed by atoms with van der Waals surface area (Å²) in [6, 6.07) is 17.1. The summed E-state index contributed by atoms with van der Waals surface area (Å²) >= 11 is 0. The molecule has 116 valence electrons. The Kier molecular flexibility index (Phi) is 4.59. The Morgan fingerprint density at radius 3 is 1.96 bits per heavy atom. The van der Waals surface area contributed by atoms with Gasteiger partial charge in [0.25, 0.3) is 0 Å². The number of aromatic nitrogens is 2. The molecule has 0 bridgehead atoms. The van der Waals surface area contributed by atoms with Crippen LogP contribution in [0.3, 0.4) is 0 Å². The molecule has 0 saturated heterocycles. The van der Waals surface area contributed by atoms with Crippen molar-refractivity contribution in [1.82, 2.24) is 9.97 Å². The first kappa shape index (κ1) is 15.4. The molecule has 0 aliphatic rings. The van der Waals surface area contributed by atoms with Crippen LogP contribution in [0.5, 0.6) is 0 Å². The van der Waals surface area contributed by atoms with Gasteiger partial charge in [0.1, 0.15) is 0 Å². The number of nitrogens with zero attached hydrogens (tertiary/aromatic N) is 3. The summed E-state index contributed by atoms with van der Waals surface area (Å²) in [6.45, 7) is 6.95. The second-order valence-corrected chi connectivity index (χ2v) is 4.95. The van der Waals surface area contributed by atoms with Crippen LogP contribution >= 0.6 is 0 Å². The molecule has 5 nitrogen and oxygen atoms in total. The Hall–Kier alpha value is -3.52. The molecule has 0 radical (unpaired) electrons. The van der Waals surface area contributed by atoms with Crippen LogP contribution in [0.2, 0.25) is 0 Å². The van der Waals surface area contributed by atoms with Crippen LogP contribution in [0.25, 0.3) is 4.85 Å². The van der Waals surface area contributed by atoms with Crippen molar-refractivity contribution in [3.63, 3.8) is 0 Å². The van der Waals surface area contributed by atoms with Crippen molar-refractivity contribution in [3.8, 4) is 0 Å². The first-order valence-corrected chi connectivity index (χ1v) is 7.28. The van der Waals surface area contributed by atoms with E-state index in [0.29, 0.717) is 22.6 Å². The monoisotopic (exact) mass is 315 g/mol. The van der Waals surface area contributed by atoms with Crippen molar-refractivity contribution in [2.24, 2.45) is 0 Å². The van der Waals surface area contributed by atoms with E-state index in [0.717, 1.165) is 0 Å². The third-order valence-corrected chi connectivity index (χ3v) is 3.37. The van der Waals surface area contributed by atoms with E-state index in [9.17, 15) is 4.79 Å². The molecule has 0 aliphatic heterocycles. The zero-order valence-corrected chi connectivity index (χ0v) is 12.7. The van der Waals surface area contributed by atoms with Crippen LogP contribution in [-0.4, -0.2) is 15.9 Å². The van der Waals surface area contributed by atoms with Gasteiger partial charge in [-0.1, -0.05) is 36.4 Å². The van der Waals surface area contributed by atoms with Crippen LogP contribution in [0, 0.1) is 6.57 Å². The van der Waals surface area contributed by atoms with Gasteiger partial charge in [0.05, 0.1) is 23.5 Å². The maximum absolute atomic E-state index is 12.4. The minimum absolute atomic E-state index is 0.374. The van der Waals surface area contributed by atoms with E-state index in [2.05, 4.69) is 14.8 Å². The van der Waals surface area contributed by atoms with Gasteiger partial charge in [0.15, 0.2) is 11.8 Å². The van der Waals surface area contributed by atoms with E-state index in [1.807, 2.05) is 12.1 Å². The van der Waals surface area contributed by atoms with Crippen molar-refractivity contribution in [1.29, 1.82) is 0 Å². The quantitative estimate of drug-likeness (QED) is 0.540. The fraction of sp³-hybridized carbons (Fsp3) is 0.0526. The Balaban J connectivity index is 1.89. The van der Waals surface area contributed by atoms with Gasteiger partial charge in [0, 0.05) is 12.4 Å². The second-order valence-electron chi connectivity index (χ2n) is 4.95. The van der Waals surface area contributed by atoms with Gasteiger partial charge in [-0.3, -0.25) is 9.97 Å². The molecule has 0 spiro atoms. The van der Waals surface area contributed by atoms with Crippen LogP contribution in [0.4, 0.5) is 5.69 Å². The average molecular weight is 315 g/mol. The fourth-order valence-electron chi connectivity index (χ4n) is 2.18. The smallest absolute Gasteiger partial charge is 0.339 e. The molecule has 3 aromatic rings. The third kappa shape index (κ3) is 3.45. The van der Waals surface area contributed by atoms with E-state index in [1.165, 1.54) is 0 Å². The van der Waals surface area contributed by atoms with Gasteiger partial charge in [-0.2, -0.15) is 0 Å². The summed E-state index contributed by atoms with van der Waals surface area (Å²) in [5.41, 5.74) is 2.04. The molecule has 2 heterocycles.